The van der Waals surface area contributed by atoms with Crippen LogP contribution in [0.5, 0.6) is 0 Å². The molecule has 134 valence electrons. The molecule has 0 aromatic heterocycles. The van der Waals surface area contributed by atoms with Crippen LogP contribution in [0.4, 0.5) is 4.79 Å². The Balaban J connectivity index is 1.80. The monoisotopic (exact) mass is 343 g/mol. The molecule has 0 atom stereocenters. The van der Waals surface area contributed by atoms with Gasteiger partial charge >= 0.3 is 13.2 Å². The maximum atomic E-state index is 11.0. The van der Waals surface area contributed by atoms with Gasteiger partial charge in [0.05, 0.1) is 11.2 Å². The largest absolute Gasteiger partial charge is 0.495 e. The minimum absolute atomic E-state index is 0.352. The standard InChI is InChI=1S/C19H26BNO4/c1-13-12-15(14-8-10-21(11-9-14)17(22)23)6-7-16(13)20-24-18(2,3)19(4,5)25-20/h6-8,12H,9-11H2,1-5H3,(H,22,23). The lowest BCUT2D eigenvalue weighted by molar-refractivity contribution is 0.00578. The Morgan fingerprint density at radius 2 is 1.84 bits per heavy atom. The van der Waals surface area contributed by atoms with Crippen molar-refractivity contribution in [2.75, 3.05) is 13.1 Å². The van der Waals surface area contributed by atoms with Crippen LogP contribution < -0.4 is 5.46 Å². The second-order valence-corrected chi connectivity index (χ2v) is 7.87. The molecule has 6 heteroatoms. The van der Waals surface area contributed by atoms with Gasteiger partial charge < -0.3 is 19.3 Å². The van der Waals surface area contributed by atoms with E-state index < -0.39 is 6.09 Å². The Bertz CT molecular complexity index is 710. The Morgan fingerprint density at radius 1 is 1.20 bits per heavy atom. The van der Waals surface area contributed by atoms with Crippen LogP contribution in [0.3, 0.4) is 0 Å². The quantitative estimate of drug-likeness (QED) is 0.839. The molecule has 5 nitrogen and oxygen atoms in total. The third kappa shape index (κ3) is 3.33. The summed E-state index contributed by atoms with van der Waals surface area (Å²) in [6, 6.07) is 6.29. The molecule has 1 N–H and O–H groups in total. The number of benzene rings is 1. The van der Waals surface area contributed by atoms with E-state index in [0.29, 0.717) is 13.1 Å². The Labute approximate surface area is 149 Å². The molecule has 1 aromatic rings. The van der Waals surface area contributed by atoms with E-state index in [2.05, 4.69) is 52.8 Å². The van der Waals surface area contributed by atoms with Crippen molar-refractivity contribution >= 4 is 24.2 Å². The smallest absolute Gasteiger partial charge is 0.465 e. The van der Waals surface area contributed by atoms with Crippen LogP contribution in [0.25, 0.3) is 5.57 Å². The highest BCUT2D eigenvalue weighted by Crippen LogP contribution is 2.36. The Morgan fingerprint density at radius 3 is 2.32 bits per heavy atom. The molecule has 0 unspecified atom stereocenters. The maximum Gasteiger partial charge on any atom is 0.495 e. The number of aryl methyl sites for hydroxylation is 1. The molecule has 1 saturated heterocycles. The fourth-order valence-corrected chi connectivity index (χ4v) is 3.21. The maximum absolute atomic E-state index is 11.0. The van der Waals surface area contributed by atoms with E-state index in [1.165, 1.54) is 10.5 Å². The predicted octanol–water partition coefficient (Wildman–Crippen LogP) is 3.06. The third-order valence-corrected chi connectivity index (χ3v) is 5.63. The molecule has 0 radical (unpaired) electrons. The lowest BCUT2D eigenvalue weighted by Crippen LogP contribution is -2.41. The molecule has 3 rings (SSSR count). The van der Waals surface area contributed by atoms with Crippen molar-refractivity contribution in [2.45, 2.75) is 52.2 Å². The van der Waals surface area contributed by atoms with Crippen LogP contribution in [-0.4, -0.2) is 47.5 Å². The molecular formula is C19H26BNO4. The molecule has 2 heterocycles. The molecule has 0 spiro atoms. The number of hydrogen-bond acceptors (Lipinski definition) is 3. The van der Waals surface area contributed by atoms with Gasteiger partial charge in [0, 0.05) is 13.1 Å². The van der Waals surface area contributed by atoms with Crippen LogP contribution in [0.15, 0.2) is 24.3 Å². The van der Waals surface area contributed by atoms with E-state index in [-0.39, 0.29) is 18.3 Å². The molecule has 2 aliphatic heterocycles. The first-order valence-corrected chi connectivity index (χ1v) is 8.74. The summed E-state index contributed by atoms with van der Waals surface area (Å²) in [6.45, 7) is 11.3. The molecule has 2 aliphatic rings. The second-order valence-electron chi connectivity index (χ2n) is 7.87. The van der Waals surface area contributed by atoms with Crippen molar-refractivity contribution in [3.63, 3.8) is 0 Å². The second kappa shape index (κ2) is 6.18. The van der Waals surface area contributed by atoms with E-state index in [0.717, 1.165) is 23.0 Å². The number of nitrogens with zero attached hydrogens (tertiary/aromatic N) is 1. The summed E-state index contributed by atoms with van der Waals surface area (Å²) in [5.74, 6) is 0. The van der Waals surface area contributed by atoms with E-state index in [9.17, 15) is 4.79 Å². The molecule has 25 heavy (non-hydrogen) atoms. The molecule has 0 aliphatic carbocycles. The van der Waals surface area contributed by atoms with E-state index >= 15 is 0 Å². The molecule has 1 fully saturated rings. The first-order chi connectivity index (χ1) is 11.6. The van der Waals surface area contributed by atoms with Crippen molar-refractivity contribution in [3.8, 4) is 0 Å². The van der Waals surface area contributed by atoms with Crippen LogP contribution in [0, 0.1) is 6.92 Å². The topological polar surface area (TPSA) is 59.0 Å². The van der Waals surface area contributed by atoms with Gasteiger partial charge in [-0.3, -0.25) is 0 Å². The van der Waals surface area contributed by atoms with E-state index in [1.54, 1.807) is 0 Å². The third-order valence-electron chi connectivity index (χ3n) is 5.63. The van der Waals surface area contributed by atoms with Gasteiger partial charge in [-0.05, 0) is 57.6 Å². The zero-order valence-electron chi connectivity index (χ0n) is 15.6. The van der Waals surface area contributed by atoms with Gasteiger partial charge in [-0.2, -0.15) is 0 Å². The average Bonchev–Trinajstić information content (AvgIpc) is 2.75. The highest BCUT2D eigenvalue weighted by atomic mass is 16.7. The van der Waals surface area contributed by atoms with Crippen molar-refractivity contribution in [1.82, 2.24) is 4.90 Å². The Hall–Kier alpha value is -1.79. The fourth-order valence-electron chi connectivity index (χ4n) is 3.21. The summed E-state index contributed by atoms with van der Waals surface area (Å²) < 4.78 is 12.3. The van der Waals surface area contributed by atoms with Gasteiger partial charge in [-0.15, -0.1) is 0 Å². The molecule has 0 saturated carbocycles. The summed E-state index contributed by atoms with van der Waals surface area (Å²) in [7, 11) is -0.359. The number of carbonyl (C=O) groups is 1. The van der Waals surface area contributed by atoms with Gasteiger partial charge in [0.25, 0.3) is 0 Å². The summed E-state index contributed by atoms with van der Waals surface area (Å²) in [5.41, 5.74) is 3.80. The average molecular weight is 343 g/mol. The first kappa shape index (κ1) is 18.0. The highest BCUT2D eigenvalue weighted by molar-refractivity contribution is 6.62. The minimum atomic E-state index is -0.859. The minimum Gasteiger partial charge on any atom is -0.465 e. The van der Waals surface area contributed by atoms with Crippen molar-refractivity contribution < 1.29 is 19.2 Å². The molecule has 1 aromatic carbocycles. The zero-order valence-corrected chi connectivity index (χ0v) is 15.6. The molecule has 0 bridgehead atoms. The zero-order chi connectivity index (χ0) is 18.4. The highest BCUT2D eigenvalue weighted by Gasteiger charge is 2.52. The van der Waals surface area contributed by atoms with Gasteiger partial charge in [-0.25, -0.2) is 4.79 Å². The fraction of sp³-hybridized carbons (Fsp3) is 0.526. The van der Waals surface area contributed by atoms with Crippen molar-refractivity contribution in [2.24, 2.45) is 0 Å². The summed E-state index contributed by atoms with van der Waals surface area (Å²) >= 11 is 0. The van der Waals surface area contributed by atoms with Gasteiger partial charge in [0.2, 0.25) is 0 Å². The summed E-state index contributed by atoms with van der Waals surface area (Å²) in [6.07, 6.45) is 1.88. The number of amides is 1. The van der Waals surface area contributed by atoms with Crippen LogP contribution in [0.1, 0.15) is 45.2 Å². The van der Waals surface area contributed by atoms with Gasteiger partial charge in [-0.1, -0.05) is 29.8 Å². The normalized spacial score (nSPS) is 22.0. The first-order valence-electron chi connectivity index (χ1n) is 8.74. The molecule has 1 amide bonds. The van der Waals surface area contributed by atoms with Gasteiger partial charge in [0.15, 0.2) is 0 Å². The SMILES string of the molecule is Cc1cc(C2=CCN(C(=O)O)CC2)ccc1B1OC(C)(C)C(C)(C)O1. The molecular weight excluding hydrogens is 317 g/mol. The summed E-state index contributed by atoms with van der Waals surface area (Å²) in [5, 5.41) is 9.05. The lowest BCUT2D eigenvalue weighted by atomic mass is 9.75. The van der Waals surface area contributed by atoms with Crippen LogP contribution in [-0.2, 0) is 9.31 Å². The van der Waals surface area contributed by atoms with Crippen LogP contribution in [0.2, 0.25) is 0 Å². The Kier molecular flexibility index (Phi) is 4.46. The lowest BCUT2D eigenvalue weighted by Gasteiger charge is -2.32. The predicted molar refractivity (Wildman–Crippen MR) is 99.1 cm³/mol. The van der Waals surface area contributed by atoms with Crippen molar-refractivity contribution in [1.29, 1.82) is 0 Å². The van der Waals surface area contributed by atoms with Crippen LogP contribution >= 0.6 is 0 Å². The summed E-state index contributed by atoms with van der Waals surface area (Å²) in [4.78, 5) is 12.4. The number of rotatable bonds is 2. The number of hydrogen-bond donors (Lipinski definition) is 1. The number of carboxylic acid groups (broad SMARTS) is 1. The van der Waals surface area contributed by atoms with E-state index in [4.69, 9.17) is 14.4 Å². The van der Waals surface area contributed by atoms with Crippen molar-refractivity contribution in [3.05, 3.63) is 35.4 Å². The van der Waals surface area contributed by atoms with E-state index in [1.807, 2.05) is 6.08 Å². The van der Waals surface area contributed by atoms with Gasteiger partial charge in [0.1, 0.15) is 0 Å².